The molecule has 0 heterocycles. The van der Waals surface area contributed by atoms with Crippen LogP contribution in [0.4, 0.5) is 5.69 Å². The van der Waals surface area contributed by atoms with E-state index in [2.05, 4.69) is 5.32 Å². The molecule has 1 aromatic carbocycles. The number of anilines is 1. The van der Waals surface area contributed by atoms with Gasteiger partial charge in [0.05, 0.1) is 18.4 Å². The molecule has 0 aliphatic heterocycles. The van der Waals surface area contributed by atoms with Gasteiger partial charge in [-0.2, -0.15) is 0 Å². The second kappa shape index (κ2) is 5.93. The van der Waals surface area contributed by atoms with Gasteiger partial charge in [0, 0.05) is 12.1 Å². The van der Waals surface area contributed by atoms with E-state index in [1.54, 1.807) is 25.3 Å². The SMILES string of the molecule is COc1ccc(C(=O)O)cc1NC1CCC(N)CC1. The summed E-state index contributed by atoms with van der Waals surface area (Å²) in [5.41, 5.74) is 6.88. The minimum Gasteiger partial charge on any atom is -0.495 e. The van der Waals surface area contributed by atoms with Gasteiger partial charge in [-0.1, -0.05) is 0 Å². The van der Waals surface area contributed by atoms with Crippen molar-refractivity contribution in [2.24, 2.45) is 5.73 Å². The number of carboxylic acid groups (broad SMARTS) is 1. The third-order valence-electron chi connectivity index (χ3n) is 3.58. The number of carbonyl (C=O) groups is 1. The van der Waals surface area contributed by atoms with E-state index in [4.69, 9.17) is 15.6 Å². The van der Waals surface area contributed by atoms with Gasteiger partial charge >= 0.3 is 5.97 Å². The van der Waals surface area contributed by atoms with E-state index in [1.807, 2.05) is 0 Å². The maximum atomic E-state index is 11.0. The van der Waals surface area contributed by atoms with Crippen LogP contribution in [0.1, 0.15) is 36.0 Å². The van der Waals surface area contributed by atoms with E-state index >= 15 is 0 Å². The number of carboxylic acids is 1. The Morgan fingerprint density at radius 3 is 2.63 bits per heavy atom. The molecule has 0 spiro atoms. The van der Waals surface area contributed by atoms with E-state index < -0.39 is 5.97 Å². The topological polar surface area (TPSA) is 84.6 Å². The average molecular weight is 264 g/mol. The molecule has 0 unspecified atom stereocenters. The molecule has 19 heavy (non-hydrogen) atoms. The Bertz CT molecular complexity index is 454. The zero-order valence-electron chi connectivity index (χ0n) is 11.1. The van der Waals surface area contributed by atoms with Crippen LogP contribution in [0, 0.1) is 0 Å². The molecule has 0 aromatic heterocycles. The Balaban J connectivity index is 2.13. The summed E-state index contributed by atoms with van der Waals surface area (Å²) in [6.07, 6.45) is 4.00. The van der Waals surface area contributed by atoms with Gasteiger partial charge in [-0.05, 0) is 43.9 Å². The summed E-state index contributed by atoms with van der Waals surface area (Å²) in [7, 11) is 1.58. The highest BCUT2D eigenvalue weighted by Gasteiger charge is 2.19. The number of benzene rings is 1. The fraction of sp³-hybridized carbons (Fsp3) is 0.500. The highest BCUT2D eigenvalue weighted by atomic mass is 16.5. The van der Waals surface area contributed by atoms with Gasteiger partial charge < -0.3 is 20.9 Å². The number of ether oxygens (including phenoxy) is 1. The lowest BCUT2D eigenvalue weighted by molar-refractivity contribution is 0.0697. The minimum absolute atomic E-state index is 0.260. The van der Waals surface area contributed by atoms with Crippen LogP contribution in [-0.2, 0) is 0 Å². The molecule has 0 amide bonds. The zero-order valence-corrected chi connectivity index (χ0v) is 11.1. The van der Waals surface area contributed by atoms with E-state index in [1.165, 1.54) is 0 Å². The molecule has 1 aliphatic carbocycles. The molecular weight excluding hydrogens is 244 g/mol. The molecule has 1 aliphatic rings. The first-order valence-corrected chi connectivity index (χ1v) is 6.53. The van der Waals surface area contributed by atoms with Crippen LogP contribution in [0.3, 0.4) is 0 Å². The van der Waals surface area contributed by atoms with Crippen molar-refractivity contribution in [3.63, 3.8) is 0 Å². The maximum absolute atomic E-state index is 11.0. The van der Waals surface area contributed by atoms with Gasteiger partial charge in [-0.25, -0.2) is 4.79 Å². The van der Waals surface area contributed by atoms with E-state index in [0.717, 1.165) is 31.4 Å². The molecule has 1 aromatic rings. The molecular formula is C14H20N2O3. The molecule has 0 bridgehead atoms. The fourth-order valence-corrected chi connectivity index (χ4v) is 2.44. The van der Waals surface area contributed by atoms with Crippen LogP contribution in [0.2, 0.25) is 0 Å². The normalized spacial score (nSPS) is 22.8. The quantitative estimate of drug-likeness (QED) is 0.775. The van der Waals surface area contributed by atoms with Gasteiger partial charge in [0.15, 0.2) is 0 Å². The second-order valence-electron chi connectivity index (χ2n) is 4.98. The molecule has 1 saturated carbocycles. The lowest BCUT2D eigenvalue weighted by Crippen LogP contribution is -2.32. The summed E-state index contributed by atoms with van der Waals surface area (Å²) in [5, 5.41) is 12.4. The molecule has 4 N–H and O–H groups in total. The number of hydrogen-bond donors (Lipinski definition) is 3. The van der Waals surface area contributed by atoms with E-state index in [9.17, 15) is 4.79 Å². The largest absolute Gasteiger partial charge is 0.495 e. The first-order valence-electron chi connectivity index (χ1n) is 6.53. The van der Waals surface area contributed by atoms with Crippen molar-refractivity contribution in [2.45, 2.75) is 37.8 Å². The van der Waals surface area contributed by atoms with Gasteiger partial charge in [-0.15, -0.1) is 0 Å². The number of methoxy groups -OCH3 is 1. The van der Waals surface area contributed by atoms with Crippen molar-refractivity contribution in [2.75, 3.05) is 12.4 Å². The zero-order chi connectivity index (χ0) is 13.8. The van der Waals surface area contributed by atoms with Crippen molar-refractivity contribution in [1.82, 2.24) is 0 Å². The Kier molecular flexibility index (Phi) is 4.27. The molecule has 0 radical (unpaired) electrons. The lowest BCUT2D eigenvalue weighted by Gasteiger charge is -2.28. The molecule has 5 heteroatoms. The van der Waals surface area contributed by atoms with Crippen molar-refractivity contribution in [3.8, 4) is 5.75 Å². The number of aromatic carboxylic acids is 1. The van der Waals surface area contributed by atoms with E-state index in [-0.39, 0.29) is 5.56 Å². The average Bonchev–Trinajstić information content (AvgIpc) is 2.41. The van der Waals surface area contributed by atoms with Crippen molar-refractivity contribution >= 4 is 11.7 Å². The van der Waals surface area contributed by atoms with Crippen LogP contribution in [-0.4, -0.2) is 30.3 Å². The number of nitrogens with two attached hydrogens (primary N) is 1. The van der Waals surface area contributed by atoms with E-state index in [0.29, 0.717) is 17.8 Å². The Morgan fingerprint density at radius 2 is 2.05 bits per heavy atom. The van der Waals surface area contributed by atoms with Crippen molar-refractivity contribution < 1.29 is 14.6 Å². The van der Waals surface area contributed by atoms with Gasteiger partial charge in [0.1, 0.15) is 5.75 Å². The highest BCUT2D eigenvalue weighted by Crippen LogP contribution is 2.29. The van der Waals surface area contributed by atoms with Crippen LogP contribution >= 0.6 is 0 Å². The Hall–Kier alpha value is -1.75. The summed E-state index contributed by atoms with van der Waals surface area (Å²) in [5.74, 6) is -0.267. The summed E-state index contributed by atoms with van der Waals surface area (Å²) in [6, 6.07) is 5.47. The molecule has 5 nitrogen and oxygen atoms in total. The number of rotatable bonds is 4. The second-order valence-corrected chi connectivity index (χ2v) is 4.98. The summed E-state index contributed by atoms with van der Waals surface area (Å²) in [6.45, 7) is 0. The monoisotopic (exact) mass is 264 g/mol. The fourth-order valence-electron chi connectivity index (χ4n) is 2.44. The highest BCUT2D eigenvalue weighted by molar-refractivity contribution is 5.89. The van der Waals surface area contributed by atoms with Crippen LogP contribution in [0.25, 0.3) is 0 Å². The third-order valence-corrected chi connectivity index (χ3v) is 3.58. The minimum atomic E-state index is -0.934. The predicted octanol–water partition coefficient (Wildman–Crippen LogP) is 2.08. The van der Waals surface area contributed by atoms with Crippen molar-refractivity contribution in [1.29, 1.82) is 0 Å². The molecule has 0 atom stereocenters. The smallest absolute Gasteiger partial charge is 0.335 e. The standard InChI is InChI=1S/C14H20N2O3/c1-19-13-7-2-9(14(17)18)8-12(13)16-11-5-3-10(15)4-6-11/h2,7-8,10-11,16H,3-6,15H2,1H3,(H,17,18). The lowest BCUT2D eigenvalue weighted by atomic mass is 9.91. The molecule has 0 saturated heterocycles. The number of hydrogen-bond acceptors (Lipinski definition) is 4. The van der Waals surface area contributed by atoms with Crippen LogP contribution in [0.5, 0.6) is 5.75 Å². The first kappa shape index (κ1) is 13.7. The maximum Gasteiger partial charge on any atom is 0.335 e. The van der Waals surface area contributed by atoms with Gasteiger partial charge in [0.2, 0.25) is 0 Å². The Morgan fingerprint density at radius 1 is 1.37 bits per heavy atom. The molecule has 1 fully saturated rings. The summed E-state index contributed by atoms with van der Waals surface area (Å²) in [4.78, 5) is 11.0. The van der Waals surface area contributed by atoms with Gasteiger partial charge in [0.25, 0.3) is 0 Å². The van der Waals surface area contributed by atoms with Crippen LogP contribution < -0.4 is 15.8 Å². The van der Waals surface area contributed by atoms with Crippen LogP contribution in [0.15, 0.2) is 18.2 Å². The summed E-state index contributed by atoms with van der Waals surface area (Å²) >= 11 is 0. The molecule has 2 rings (SSSR count). The summed E-state index contributed by atoms with van der Waals surface area (Å²) < 4.78 is 5.26. The third kappa shape index (κ3) is 3.38. The Labute approximate surface area is 112 Å². The first-order chi connectivity index (χ1) is 9.10. The van der Waals surface area contributed by atoms with Crippen molar-refractivity contribution in [3.05, 3.63) is 23.8 Å². The molecule has 104 valence electrons. The number of nitrogens with one attached hydrogen (secondary N) is 1. The van der Waals surface area contributed by atoms with Gasteiger partial charge in [-0.3, -0.25) is 0 Å². The predicted molar refractivity (Wildman–Crippen MR) is 73.8 cm³/mol.